The maximum Gasteiger partial charge on any atom is 0.230 e. The van der Waals surface area contributed by atoms with E-state index in [4.69, 9.17) is 10.00 Å². The van der Waals surface area contributed by atoms with E-state index >= 15 is 0 Å². The van der Waals surface area contributed by atoms with E-state index in [-0.39, 0.29) is 0 Å². The van der Waals surface area contributed by atoms with Crippen molar-refractivity contribution in [2.45, 2.75) is 6.92 Å². The predicted molar refractivity (Wildman–Crippen MR) is 80.8 cm³/mol. The zero-order chi connectivity index (χ0) is 14.7. The quantitative estimate of drug-likeness (QED) is 0.796. The Balaban J connectivity index is 1.88. The number of thiazole rings is 1. The number of nitriles is 1. The molecule has 0 amide bonds. The Morgan fingerprint density at radius 1 is 1.33 bits per heavy atom. The van der Waals surface area contributed by atoms with Crippen LogP contribution in [0.1, 0.15) is 12.6 Å². The van der Waals surface area contributed by atoms with Gasteiger partial charge in [-0.25, -0.2) is 15.0 Å². The summed E-state index contributed by atoms with van der Waals surface area (Å²) in [6, 6.07) is 9.28. The molecule has 1 aromatic carbocycles. The summed E-state index contributed by atoms with van der Waals surface area (Å²) < 4.78 is 6.48. The third-order valence-corrected chi connectivity index (χ3v) is 3.59. The summed E-state index contributed by atoms with van der Waals surface area (Å²) in [6.45, 7) is 2.58. The van der Waals surface area contributed by atoms with Gasteiger partial charge in [0.05, 0.1) is 16.8 Å². The SMILES string of the molecule is CCOc1ccc2nc(Nc3nccc(C#N)n3)sc2c1. The van der Waals surface area contributed by atoms with Crippen molar-refractivity contribution in [1.82, 2.24) is 15.0 Å². The summed E-state index contributed by atoms with van der Waals surface area (Å²) in [4.78, 5) is 12.6. The van der Waals surface area contributed by atoms with Crippen molar-refractivity contribution in [2.75, 3.05) is 11.9 Å². The van der Waals surface area contributed by atoms with Crippen LogP contribution in [-0.2, 0) is 0 Å². The Kier molecular flexibility index (Phi) is 3.62. The van der Waals surface area contributed by atoms with Crippen molar-refractivity contribution in [2.24, 2.45) is 0 Å². The largest absolute Gasteiger partial charge is 0.494 e. The van der Waals surface area contributed by atoms with Crippen LogP contribution >= 0.6 is 11.3 Å². The fourth-order valence-electron chi connectivity index (χ4n) is 1.79. The molecule has 6 nitrogen and oxygen atoms in total. The van der Waals surface area contributed by atoms with Gasteiger partial charge in [-0.3, -0.25) is 5.32 Å². The number of nitrogens with zero attached hydrogens (tertiary/aromatic N) is 4. The Labute approximate surface area is 125 Å². The second-order valence-corrected chi connectivity index (χ2v) is 5.11. The van der Waals surface area contributed by atoms with Gasteiger partial charge < -0.3 is 4.74 Å². The molecule has 0 saturated carbocycles. The zero-order valence-electron chi connectivity index (χ0n) is 11.2. The Morgan fingerprint density at radius 3 is 3.05 bits per heavy atom. The van der Waals surface area contributed by atoms with Crippen molar-refractivity contribution in [1.29, 1.82) is 5.26 Å². The lowest BCUT2D eigenvalue weighted by Crippen LogP contribution is -1.97. The summed E-state index contributed by atoms with van der Waals surface area (Å²) in [5, 5.41) is 12.5. The maximum absolute atomic E-state index is 8.83. The molecule has 2 heterocycles. The van der Waals surface area contributed by atoms with E-state index in [0.29, 0.717) is 23.4 Å². The van der Waals surface area contributed by atoms with Crippen LogP contribution in [0.15, 0.2) is 30.5 Å². The van der Waals surface area contributed by atoms with Gasteiger partial charge in [0.2, 0.25) is 5.95 Å². The van der Waals surface area contributed by atoms with Crippen molar-refractivity contribution >= 4 is 32.6 Å². The molecule has 104 valence electrons. The van der Waals surface area contributed by atoms with Crippen LogP contribution in [0.4, 0.5) is 11.1 Å². The third kappa shape index (κ3) is 2.90. The highest BCUT2D eigenvalue weighted by Gasteiger charge is 2.07. The van der Waals surface area contributed by atoms with E-state index in [0.717, 1.165) is 16.0 Å². The summed E-state index contributed by atoms with van der Waals surface area (Å²) in [7, 11) is 0. The third-order valence-electron chi connectivity index (χ3n) is 2.66. The number of hydrogen-bond acceptors (Lipinski definition) is 7. The number of ether oxygens (including phenoxy) is 1. The monoisotopic (exact) mass is 297 g/mol. The standard InChI is InChI=1S/C14H11N5OS/c1-2-20-10-3-4-11-12(7-10)21-14(18-11)19-13-16-6-5-9(8-15)17-13/h3-7H,2H2,1H3,(H,16,17,18,19). The van der Waals surface area contributed by atoms with Crippen LogP contribution in [0.25, 0.3) is 10.2 Å². The molecule has 0 aliphatic rings. The number of hydrogen-bond donors (Lipinski definition) is 1. The van der Waals surface area contributed by atoms with Gasteiger partial charge in [0.15, 0.2) is 5.13 Å². The van der Waals surface area contributed by atoms with Crippen molar-refractivity contribution in [3.63, 3.8) is 0 Å². The lowest BCUT2D eigenvalue weighted by molar-refractivity contribution is 0.341. The minimum Gasteiger partial charge on any atom is -0.494 e. The summed E-state index contributed by atoms with van der Waals surface area (Å²) in [6.07, 6.45) is 1.54. The summed E-state index contributed by atoms with van der Waals surface area (Å²) in [5.74, 6) is 1.18. The van der Waals surface area contributed by atoms with Crippen LogP contribution in [0.5, 0.6) is 5.75 Å². The molecule has 7 heteroatoms. The topological polar surface area (TPSA) is 83.7 Å². The second kappa shape index (κ2) is 5.73. The second-order valence-electron chi connectivity index (χ2n) is 4.08. The predicted octanol–water partition coefficient (Wildman–Crippen LogP) is 3.10. The molecule has 3 rings (SSSR count). The summed E-state index contributed by atoms with van der Waals surface area (Å²) >= 11 is 1.48. The number of fused-ring (bicyclic) bond motifs is 1. The van der Waals surface area contributed by atoms with Crippen LogP contribution in [-0.4, -0.2) is 21.6 Å². The number of nitrogens with one attached hydrogen (secondary N) is 1. The molecule has 21 heavy (non-hydrogen) atoms. The molecule has 1 N–H and O–H groups in total. The molecule has 0 spiro atoms. The number of anilines is 2. The molecule has 0 aliphatic carbocycles. The molecular weight excluding hydrogens is 286 g/mol. The first-order valence-electron chi connectivity index (χ1n) is 6.32. The van der Waals surface area contributed by atoms with Gasteiger partial charge in [-0.15, -0.1) is 0 Å². The zero-order valence-corrected chi connectivity index (χ0v) is 12.0. The van der Waals surface area contributed by atoms with Gasteiger partial charge in [0.25, 0.3) is 0 Å². The molecule has 0 radical (unpaired) electrons. The van der Waals surface area contributed by atoms with E-state index in [1.54, 1.807) is 6.07 Å². The van der Waals surface area contributed by atoms with E-state index in [2.05, 4.69) is 20.3 Å². The highest BCUT2D eigenvalue weighted by atomic mass is 32.1. The van der Waals surface area contributed by atoms with Crippen molar-refractivity contribution < 1.29 is 4.74 Å². The molecule has 0 unspecified atom stereocenters. The van der Waals surface area contributed by atoms with Gasteiger partial charge in [0, 0.05) is 6.20 Å². The first-order chi connectivity index (χ1) is 10.3. The summed E-state index contributed by atoms with van der Waals surface area (Å²) in [5.41, 5.74) is 1.19. The minimum atomic E-state index is 0.312. The van der Waals surface area contributed by atoms with Crippen LogP contribution in [0.3, 0.4) is 0 Å². The molecular formula is C14H11N5OS. The van der Waals surface area contributed by atoms with Crippen molar-refractivity contribution in [3.8, 4) is 11.8 Å². The highest BCUT2D eigenvalue weighted by molar-refractivity contribution is 7.22. The fourth-order valence-corrected chi connectivity index (χ4v) is 2.68. The molecule has 0 bridgehead atoms. The number of benzene rings is 1. The first-order valence-corrected chi connectivity index (χ1v) is 7.13. The van der Waals surface area contributed by atoms with Gasteiger partial charge >= 0.3 is 0 Å². The van der Waals surface area contributed by atoms with Gasteiger partial charge in [-0.2, -0.15) is 5.26 Å². The van der Waals surface area contributed by atoms with Crippen LogP contribution < -0.4 is 10.1 Å². The smallest absolute Gasteiger partial charge is 0.230 e. The number of rotatable bonds is 4. The van der Waals surface area contributed by atoms with Gasteiger partial charge in [-0.05, 0) is 31.2 Å². The maximum atomic E-state index is 8.83. The molecule has 0 aliphatic heterocycles. The van der Waals surface area contributed by atoms with Crippen LogP contribution in [0.2, 0.25) is 0 Å². The Morgan fingerprint density at radius 2 is 2.24 bits per heavy atom. The molecule has 3 aromatic rings. The molecule has 0 atom stereocenters. The first kappa shape index (κ1) is 13.3. The van der Waals surface area contributed by atoms with E-state index in [1.807, 2.05) is 31.2 Å². The van der Waals surface area contributed by atoms with Crippen molar-refractivity contribution in [3.05, 3.63) is 36.2 Å². The Hall–Kier alpha value is -2.72. The fraction of sp³-hybridized carbons (Fsp3) is 0.143. The molecule has 0 saturated heterocycles. The normalized spacial score (nSPS) is 10.3. The molecule has 2 aromatic heterocycles. The highest BCUT2D eigenvalue weighted by Crippen LogP contribution is 2.30. The minimum absolute atomic E-state index is 0.312. The number of aromatic nitrogens is 3. The van der Waals surface area contributed by atoms with E-state index in [1.165, 1.54) is 17.5 Å². The molecule has 0 fully saturated rings. The van der Waals surface area contributed by atoms with E-state index in [9.17, 15) is 0 Å². The average molecular weight is 297 g/mol. The Bertz CT molecular complexity index is 824. The average Bonchev–Trinajstić information content (AvgIpc) is 2.89. The van der Waals surface area contributed by atoms with Gasteiger partial charge in [0.1, 0.15) is 17.5 Å². The lowest BCUT2D eigenvalue weighted by atomic mass is 10.3. The van der Waals surface area contributed by atoms with Gasteiger partial charge in [-0.1, -0.05) is 11.3 Å². The van der Waals surface area contributed by atoms with Crippen LogP contribution in [0, 0.1) is 11.3 Å². The lowest BCUT2D eigenvalue weighted by Gasteiger charge is -2.00. The van der Waals surface area contributed by atoms with E-state index < -0.39 is 0 Å².